The molecule has 19 heavy (non-hydrogen) atoms. The molecule has 98 valence electrons. The number of nitrogen functional groups attached to an aromatic ring is 1. The first-order valence-corrected chi connectivity index (χ1v) is 5.48. The molecule has 0 unspecified atom stereocenters. The Bertz CT molecular complexity index is 598. The number of hydrogen-bond donors (Lipinski definition) is 3. The summed E-state index contributed by atoms with van der Waals surface area (Å²) in [4.78, 5) is 19.1. The largest absolute Gasteiger partial charge is 0.439 e. The molecule has 0 spiro atoms. The number of carbonyl (C=O) groups excluding carboxylic acids is 1. The van der Waals surface area contributed by atoms with Crippen LogP contribution in [0.5, 0.6) is 11.6 Å². The van der Waals surface area contributed by atoms with Gasteiger partial charge in [0.15, 0.2) is 0 Å². The molecule has 0 saturated heterocycles. The number of amides is 1. The van der Waals surface area contributed by atoms with Crippen molar-refractivity contribution in [2.45, 2.75) is 6.92 Å². The number of nitrogens with zero attached hydrogens (tertiary/aromatic N) is 2. The molecular weight excluding hydrogens is 246 g/mol. The number of aromatic nitrogens is 2. The average Bonchev–Trinajstić information content (AvgIpc) is 2.38. The quantitative estimate of drug-likeness (QED) is 0.556. The summed E-state index contributed by atoms with van der Waals surface area (Å²) in [5.74, 6) is 6.67. The minimum atomic E-state index is -0.487. The van der Waals surface area contributed by atoms with E-state index in [-0.39, 0.29) is 0 Å². The second-order valence-corrected chi connectivity index (χ2v) is 3.77. The fourth-order valence-corrected chi connectivity index (χ4v) is 1.47. The summed E-state index contributed by atoms with van der Waals surface area (Å²) < 4.78 is 5.54. The molecule has 0 aliphatic carbocycles. The zero-order valence-corrected chi connectivity index (χ0v) is 10.3. The maximum atomic E-state index is 10.9. The molecular formula is C12H13N5O2. The van der Waals surface area contributed by atoms with Gasteiger partial charge >= 0.3 is 0 Å². The van der Waals surface area contributed by atoms with Crippen LogP contribution in [0.25, 0.3) is 0 Å². The summed E-state index contributed by atoms with van der Waals surface area (Å²) >= 11 is 0. The van der Waals surface area contributed by atoms with Crippen molar-refractivity contribution < 1.29 is 9.53 Å². The van der Waals surface area contributed by atoms with E-state index in [1.165, 1.54) is 0 Å². The van der Waals surface area contributed by atoms with Crippen molar-refractivity contribution in [1.82, 2.24) is 9.97 Å². The highest BCUT2D eigenvalue weighted by molar-refractivity contribution is 5.92. The van der Waals surface area contributed by atoms with E-state index in [1.807, 2.05) is 0 Å². The van der Waals surface area contributed by atoms with Gasteiger partial charge in [-0.15, -0.1) is 0 Å². The van der Waals surface area contributed by atoms with Gasteiger partial charge in [-0.3, -0.25) is 4.79 Å². The van der Waals surface area contributed by atoms with E-state index in [9.17, 15) is 4.79 Å². The molecule has 1 amide bonds. The highest BCUT2D eigenvalue weighted by atomic mass is 16.5. The van der Waals surface area contributed by atoms with Gasteiger partial charge in [-0.25, -0.2) is 10.8 Å². The predicted molar refractivity (Wildman–Crippen MR) is 69.6 cm³/mol. The topological polar surface area (TPSA) is 116 Å². The van der Waals surface area contributed by atoms with Crippen LogP contribution in [0.1, 0.15) is 16.2 Å². The normalized spacial score (nSPS) is 10.0. The molecule has 2 aromatic rings. The number of benzene rings is 1. The van der Waals surface area contributed by atoms with Crippen molar-refractivity contribution in [3.8, 4) is 11.6 Å². The third-order valence-electron chi connectivity index (χ3n) is 2.32. The lowest BCUT2D eigenvalue weighted by Crippen LogP contribution is -2.10. The third-order valence-corrected chi connectivity index (χ3v) is 2.32. The van der Waals surface area contributed by atoms with Crippen molar-refractivity contribution in [3.63, 3.8) is 0 Å². The number of nitrogens with two attached hydrogens (primary N) is 2. The van der Waals surface area contributed by atoms with E-state index >= 15 is 0 Å². The van der Waals surface area contributed by atoms with Gasteiger partial charge in [0.1, 0.15) is 17.4 Å². The first-order chi connectivity index (χ1) is 9.08. The van der Waals surface area contributed by atoms with Crippen molar-refractivity contribution in [2.75, 3.05) is 5.43 Å². The Balaban J connectivity index is 2.21. The molecule has 1 aromatic heterocycles. The number of nitrogens with one attached hydrogen (secondary N) is 1. The summed E-state index contributed by atoms with van der Waals surface area (Å²) in [5, 5.41) is 0. The van der Waals surface area contributed by atoms with Crippen LogP contribution in [-0.2, 0) is 0 Å². The zero-order chi connectivity index (χ0) is 13.8. The number of hydrazine groups is 1. The number of hydrogen-bond acceptors (Lipinski definition) is 6. The monoisotopic (exact) mass is 259 g/mol. The third kappa shape index (κ3) is 3.17. The fourth-order valence-electron chi connectivity index (χ4n) is 1.47. The van der Waals surface area contributed by atoms with Crippen LogP contribution >= 0.6 is 0 Å². The van der Waals surface area contributed by atoms with Crippen LogP contribution < -0.4 is 21.7 Å². The van der Waals surface area contributed by atoms with Crippen molar-refractivity contribution >= 4 is 11.7 Å². The molecule has 1 aromatic carbocycles. The molecule has 0 atom stereocenters. The van der Waals surface area contributed by atoms with Crippen LogP contribution in [0.4, 0.5) is 5.82 Å². The molecule has 7 heteroatoms. The van der Waals surface area contributed by atoms with Gasteiger partial charge in [0.25, 0.3) is 0 Å². The zero-order valence-electron chi connectivity index (χ0n) is 10.3. The number of primary amides is 1. The second kappa shape index (κ2) is 5.32. The Hall–Kier alpha value is -2.67. The number of rotatable bonds is 4. The Kier molecular flexibility index (Phi) is 3.58. The maximum absolute atomic E-state index is 10.9. The molecule has 5 N–H and O–H groups in total. The van der Waals surface area contributed by atoms with Crippen molar-refractivity contribution in [3.05, 3.63) is 41.7 Å². The van der Waals surface area contributed by atoms with Crippen molar-refractivity contribution in [2.24, 2.45) is 11.6 Å². The Morgan fingerprint density at radius 3 is 2.53 bits per heavy atom. The highest BCUT2D eigenvalue weighted by Crippen LogP contribution is 2.21. The molecule has 7 nitrogen and oxygen atoms in total. The molecule has 0 bridgehead atoms. The van der Waals surface area contributed by atoms with Crippen molar-refractivity contribution in [1.29, 1.82) is 0 Å². The SMILES string of the molecule is Cc1nc(NN)cc(Oc2ccc(C(N)=O)cc2)n1. The van der Waals surface area contributed by atoms with Gasteiger partial charge in [-0.2, -0.15) is 4.98 Å². The molecule has 0 fully saturated rings. The molecule has 0 aliphatic heterocycles. The molecule has 0 saturated carbocycles. The average molecular weight is 259 g/mol. The van der Waals surface area contributed by atoms with Gasteiger partial charge in [-0.05, 0) is 31.2 Å². The molecule has 0 aliphatic rings. The molecule has 2 rings (SSSR count). The Morgan fingerprint density at radius 1 is 1.26 bits per heavy atom. The van der Waals surface area contributed by atoms with Crippen LogP contribution in [0.2, 0.25) is 0 Å². The van der Waals surface area contributed by atoms with E-state index in [0.29, 0.717) is 28.8 Å². The standard InChI is InChI=1S/C12H13N5O2/c1-7-15-10(17-14)6-11(16-7)19-9-4-2-8(3-5-9)12(13)18/h2-6H,14H2,1H3,(H2,13,18)(H,15,16,17). The second-order valence-electron chi connectivity index (χ2n) is 3.77. The van der Waals surface area contributed by atoms with Crippen LogP contribution in [0, 0.1) is 6.92 Å². The van der Waals surface area contributed by atoms with Crippen LogP contribution in [0.3, 0.4) is 0 Å². The van der Waals surface area contributed by atoms with Gasteiger partial charge in [0.2, 0.25) is 11.8 Å². The summed E-state index contributed by atoms with van der Waals surface area (Å²) in [6, 6.07) is 7.98. The van der Waals surface area contributed by atoms with E-state index in [4.69, 9.17) is 16.3 Å². The van der Waals surface area contributed by atoms with Crippen LogP contribution in [0.15, 0.2) is 30.3 Å². The van der Waals surface area contributed by atoms with Gasteiger partial charge < -0.3 is 15.9 Å². The summed E-state index contributed by atoms with van der Waals surface area (Å²) in [6.45, 7) is 1.73. The lowest BCUT2D eigenvalue weighted by Gasteiger charge is -2.07. The summed E-state index contributed by atoms with van der Waals surface area (Å²) in [6.07, 6.45) is 0. The highest BCUT2D eigenvalue weighted by Gasteiger charge is 2.05. The fraction of sp³-hybridized carbons (Fsp3) is 0.0833. The first kappa shape index (κ1) is 12.8. The smallest absolute Gasteiger partial charge is 0.248 e. The van der Waals surface area contributed by atoms with Gasteiger partial charge in [-0.1, -0.05) is 0 Å². The first-order valence-electron chi connectivity index (χ1n) is 5.48. The number of anilines is 1. The molecule has 0 radical (unpaired) electrons. The van der Waals surface area contributed by atoms with E-state index in [2.05, 4.69) is 15.4 Å². The summed E-state index contributed by atoms with van der Waals surface area (Å²) in [5.41, 5.74) is 7.99. The Labute approximate surface area is 109 Å². The molecule has 1 heterocycles. The maximum Gasteiger partial charge on any atom is 0.248 e. The van der Waals surface area contributed by atoms with Gasteiger partial charge in [0.05, 0.1) is 0 Å². The number of carbonyl (C=O) groups is 1. The minimum Gasteiger partial charge on any atom is -0.439 e. The van der Waals surface area contributed by atoms with E-state index in [0.717, 1.165) is 0 Å². The van der Waals surface area contributed by atoms with Gasteiger partial charge in [0, 0.05) is 11.6 Å². The lowest BCUT2D eigenvalue weighted by atomic mass is 10.2. The van der Waals surface area contributed by atoms with E-state index in [1.54, 1.807) is 37.3 Å². The number of aryl methyl sites for hydroxylation is 1. The minimum absolute atomic E-state index is 0.354. The van der Waals surface area contributed by atoms with E-state index < -0.39 is 5.91 Å². The Morgan fingerprint density at radius 2 is 1.95 bits per heavy atom. The van der Waals surface area contributed by atoms with Crippen LogP contribution in [-0.4, -0.2) is 15.9 Å². The summed E-state index contributed by atoms with van der Waals surface area (Å²) in [7, 11) is 0. The lowest BCUT2D eigenvalue weighted by molar-refractivity contribution is 0.100. The number of ether oxygens (including phenoxy) is 1. The predicted octanol–water partition coefficient (Wildman–Crippen LogP) is 0.962.